The second-order valence-corrected chi connectivity index (χ2v) is 6.35. The highest BCUT2D eigenvalue weighted by atomic mass is 32.2. The minimum Gasteiger partial charge on any atom is -0.481 e. The summed E-state index contributed by atoms with van der Waals surface area (Å²) in [7, 11) is 0. The monoisotopic (exact) mass is 285 g/mol. The zero-order chi connectivity index (χ0) is 13.0. The molecule has 1 aromatic rings. The molecule has 1 N–H and O–H groups in total. The SMILES string of the molecule is O=C(O)CC1CN(C(=O)CSCc2cccs2)C1. The molecule has 0 bridgehead atoms. The van der Waals surface area contributed by atoms with E-state index in [-0.39, 0.29) is 18.2 Å². The molecule has 18 heavy (non-hydrogen) atoms. The number of thioether (sulfide) groups is 1. The first-order valence-corrected chi connectivity index (χ1v) is 7.78. The lowest BCUT2D eigenvalue weighted by Crippen LogP contribution is -2.51. The van der Waals surface area contributed by atoms with Crippen LogP contribution in [0, 0.1) is 5.92 Å². The first-order valence-electron chi connectivity index (χ1n) is 5.75. The van der Waals surface area contributed by atoms with Crippen molar-refractivity contribution in [3.05, 3.63) is 22.4 Å². The molecular formula is C12H15NO3S2. The third kappa shape index (κ3) is 3.74. The van der Waals surface area contributed by atoms with Gasteiger partial charge >= 0.3 is 5.97 Å². The van der Waals surface area contributed by atoms with Crippen LogP contribution in [0.5, 0.6) is 0 Å². The third-order valence-electron chi connectivity index (χ3n) is 2.82. The number of amides is 1. The van der Waals surface area contributed by atoms with Crippen molar-refractivity contribution in [3.63, 3.8) is 0 Å². The van der Waals surface area contributed by atoms with Gasteiger partial charge in [0.2, 0.25) is 5.91 Å². The second kappa shape index (κ2) is 6.24. The van der Waals surface area contributed by atoms with Crippen LogP contribution in [0.1, 0.15) is 11.3 Å². The summed E-state index contributed by atoms with van der Waals surface area (Å²) in [5.41, 5.74) is 0. The quantitative estimate of drug-likeness (QED) is 0.867. The predicted molar refractivity (Wildman–Crippen MR) is 72.8 cm³/mol. The van der Waals surface area contributed by atoms with Crippen molar-refractivity contribution in [2.75, 3.05) is 18.8 Å². The van der Waals surface area contributed by atoms with Gasteiger partial charge in [0.15, 0.2) is 0 Å². The Kier molecular flexibility index (Phi) is 4.66. The van der Waals surface area contributed by atoms with Crippen LogP contribution in [0.3, 0.4) is 0 Å². The number of thiophene rings is 1. The van der Waals surface area contributed by atoms with E-state index in [0.717, 1.165) is 5.75 Å². The summed E-state index contributed by atoms with van der Waals surface area (Å²) < 4.78 is 0. The van der Waals surface area contributed by atoms with E-state index in [9.17, 15) is 9.59 Å². The van der Waals surface area contributed by atoms with Gasteiger partial charge in [0, 0.05) is 29.6 Å². The van der Waals surface area contributed by atoms with Gasteiger partial charge in [-0.3, -0.25) is 9.59 Å². The van der Waals surface area contributed by atoms with Crippen LogP contribution in [-0.2, 0) is 15.3 Å². The number of hydrogen-bond donors (Lipinski definition) is 1. The number of carboxylic acids is 1. The van der Waals surface area contributed by atoms with Gasteiger partial charge in [-0.2, -0.15) is 0 Å². The number of nitrogens with zero attached hydrogens (tertiary/aromatic N) is 1. The normalized spacial score (nSPS) is 15.4. The molecule has 98 valence electrons. The van der Waals surface area contributed by atoms with Crippen molar-refractivity contribution in [2.24, 2.45) is 5.92 Å². The lowest BCUT2D eigenvalue weighted by Gasteiger charge is -2.38. The van der Waals surface area contributed by atoms with Crippen LogP contribution in [0.15, 0.2) is 17.5 Å². The van der Waals surface area contributed by atoms with Gasteiger partial charge in [-0.05, 0) is 11.4 Å². The third-order valence-corrected chi connectivity index (χ3v) is 4.85. The molecule has 0 aliphatic carbocycles. The van der Waals surface area contributed by atoms with Crippen molar-refractivity contribution in [3.8, 4) is 0 Å². The van der Waals surface area contributed by atoms with Crippen molar-refractivity contribution in [1.82, 2.24) is 4.90 Å². The maximum Gasteiger partial charge on any atom is 0.303 e. The summed E-state index contributed by atoms with van der Waals surface area (Å²) in [6.45, 7) is 1.20. The molecule has 4 nitrogen and oxygen atoms in total. The Hall–Kier alpha value is -1.01. The maximum atomic E-state index is 11.7. The Morgan fingerprint density at radius 2 is 2.28 bits per heavy atom. The van der Waals surface area contributed by atoms with E-state index < -0.39 is 5.97 Å². The first kappa shape index (κ1) is 13.4. The van der Waals surface area contributed by atoms with E-state index in [0.29, 0.717) is 18.8 Å². The van der Waals surface area contributed by atoms with E-state index in [4.69, 9.17) is 5.11 Å². The van der Waals surface area contributed by atoms with Gasteiger partial charge in [-0.25, -0.2) is 0 Å². The van der Waals surface area contributed by atoms with E-state index in [1.54, 1.807) is 28.0 Å². The van der Waals surface area contributed by atoms with Crippen LogP contribution in [0.4, 0.5) is 0 Å². The maximum absolute atomic E-state index is 11.7. The summed E-state index contributed by atoms with van der Waals surface area (Å²) in [4.78, 5) is 25.2. The van der Waals surface area contributed by atoms with Crippen LogP contribution in [0.2, 0.25) is 0 Å². The highest BCUT2D eigenvalue weighted by Gasteiger charge is 2.31. The molecule has 0 unspecified atom stereocenters. The fourth-order valence-corrected chi connectivity index (χ4v) is 3.64. The Bertz CT molecular complexity index is 413. The van der Waals surface area contributed by atoms with E-state index in [2.05, 4.69) is 6.07 Å². The minimum absolute atomic E-state index is 0.123. The van der Waals surface area contributed by atoms with Gasteiger partial charge in [0.1, 0.15) is 0 Å². The fraction of sp³-hybridized carbons (Fsp3) is 0.500. The number of rotatable bonds is 6. The number of hydrogen-bond acceptors (Lipinski definition) is 4. The minimum atomic E-state index is -0.779. The number of carbonyl (C=O) groups is 2. The average Bonchev–Trinajstić information content (AvgIpc) is 2.75. The van der Waals surface area contributed by atoms with Crippen molar-refractivity contribution in [2.45, 2.75) is 12.2 Å². The van der Waals surface area contributed by atoms with Crippen molar-refractivity contribution < 1.29 is 14.7 Å². The highest BCUT2D eigenvalue weighted by molar-refractivity contribution is 7.99. The van der Waals surface area contributed by atoms with Gasteiger partial charge < -0.3 is 10.0 Å². The molecule has 1 aliphatic heterocycles. The Labute approximate surface area is 114 Å². The van der Waals surface area contributed by atoms with Crippen molar-refractivity contribution in [1.29, 1.82) is 0 Å². The lowest BCUT2D eigenvalue weighted by atomic mass is 9.96. The molecular weight excluding hydrogens is 270 g/mol. The standard InChI is InChI=1S/C12H15NO3S2/c14-11(8-17-7-10-2-1-3-18-10)13-5-9(6-13)4-12(15)16/h1-3,9H,4-8H2,(H,15,16). The molecule has 0 radical (unpaired) electrons. The van der Waals surface area contributed by atoms with Gasteiger partial charge in [-0.15, -0.1) is 23.1 Å². The van der Waals surface area contributed by atoms with Crippen molar-refractivity contribution >= 4 is 35.0 Å². The molecule has 1 aliphatic rings. The topological polar surface area (TPSA) is 57.6 Å². The number of aliphatic carboxylic acids is 1. The van der Waals surface area contributed by atoms with E-state index in [1.165, 1.54) is 4.88 Å². The van der Waals surface area contributed by atoms with Gasteiger partial charge in [0.25, 0.3) is 0 Å². The lowest BCUT2D eigenvalue weighted by molar-refractivity contribution is -0.143. The molecule has 0 aromatic carbocycles. The molecule has 1 fully saturated rings. The molecule has 2 rings (SSSR count). The van der Waals surface area contributed by atoms with E-state index >= 15 is 0 Å². The molecule has 1 amide bonds. The molecule has 0 atom stereocenters. The summed E-state index contributed by atoms with van der Waals surface area (Å²) in [6.07, 6.45) is 0.173. The van der Waals surface area contributed by atoms with Crippen LogP contribution >= 0.6 is 23.1 Å². The first-order chi connectivity index (χ1) is 8.65. The number of likely N-dealkylation sites (tertiary alicyclic amines) is 1. The van der Waals surface area contributed by atoms with Crippen LogP contribution in [-0.4, -0.2) is 40.7 Å². The van der Waals surface area contributed by atoms with Crippen LogP contribution in [0.25, 0.3) is 0 Å². The molecule has 2 heterocycles. The fourth-order valence-electron chi connectivity index (χ4n) is 1.87. The number of carbonyl (C=O) groups excluding carboxylic acids is 1. The predicted octanol–water partition coefficient (Wildman–Crippen LogP) is 1.91. The molecule has 6 heteroatoms. The summed E-state index contributed by atoms with van der Waals surface area (Å²) in [5, 5.41) is 10.6. The van der Waals surface area contributed by atoms with Gasteiger partial charge in [-0.1, -0.05) is 6.07 Å². The van der Waals surface area contributed by atoms with Gasteiger partial charge in [0.05, 0.1) is 12.2 Å². The second-order valence-electron chi connectivity index (χ2n) is 4.33. The van der Waals surface area contributed by atoms with E-state index in [1.807, 2.05) is 11.4 Å². The highest BCUT2D eigenvalue weighted by Crippen LogP contribution is 2.22. The molecule has 1 aromatic heterocycles. The van der Waals surface area contributed by atoms with Crippen LogP contribution < -0.4 is 0 Å². The Morgan fingerprint density at radius 3 is 2.89 bits per heavy atom. The summed E-state index contributed by atoms with van der Waals surface area (Å²) in [5.74, 6) is 0.846. The zero-order valence-corrected chi connectivity index (χ0v) is 11.5. The Balaban J connectivity index is 1.60. The largest absolute Gasteiger partial charge is 0.481 e. The zero-order valence-electron chi connectivity index (χ0n) is 9.87. The Morgan fingerprint density at radius 1 is 1.50 bits per heavy atom. The molecule has 0 spiro atoms. The summed E-state index contributed by atoms with van der Waals surface area (Å²) >= 11 is 3.31. The average molecular weight is 285 g/mol. The molecule has 1 saturated heterocycles. The molecule has 0 saturated carbocycles. The smallest absolute Gasteiger partial charge is 0.303 e. The number of carboxylic acid groups (broad SMARTS) is 1. The summed E-state index contributed by atoms with van der Waals surface area (Å²) in [6, 6.07) is 4.07.